The van der Waals surface area contributed by atoms with Crippen LogP contribution in [-0.2, 0) is 10.0 Å². The second-order valence-corrected chi connectivity index (χ2v) is 6.73. The number of aromatic amines is 1. The molecule has 0 bridgehead atoms. The Labute approximate surface area is 110 Å². The number of H-pyrrole nitrogens is 1. The number of rotatable bonds is 5. The Morgan fingerprint density at radius 2 is 2.21 bits per heavy atom. The van der Waals surface area contributed by atoms with Crippen molar-refractivity contribution in [1.29, 1.82) is 0 Å². The van der Waals surface area contributed by atoms with Crippen molar-refractivity contribution in [3.05, 3.63) is 24.0 Å². The average molecular weight is 283 g/mol. The standard InChI is InChI=1S/C12H14FN3O2S/c13-9-2-1-3-10-11(9)12(15-14-10)16-19(17,18)7-6-8-4-5-8/h1-3,8H,4-7H2,(H2,14,15,16). The van der Waals surface area contributed by atoms with Gasteiger partial charge in [0.1, 0.15) is 5.82 Å². The van der Waals surface area contributed by atoms with Gasteiger partial charge in [-0.3, -0.25) is 9.82 Å². The summed E-state index contributed by atoms with van der Waals surface area (Å²) in [4.78, 5) is 0. The molecule has 1 aliphatic rings. The van der Waals surface area contributed by atoms with Gasteiger partial charge in [0.2, 0.25) is 10.0 Å². The summed E-state index contributed by atoms with van der Waals surface area (Å²) in [5.41, 5.74) is 0.472. The van der Waals surface area contributed by atoms with Crippen LogP contribution < -0.4 is 4.72 Å². The van der Waals surface area contributed by atoms with Crippen LogP contribution in [0.4, 0.5) is 10.2 Å². The predicted molar refractivity (Wildman–Crippen MR) is 70.8 cm³/mol. The molecule has 1 aromatic heterocycles. The zero-order valence-electron chi connectivity index (χ0n) is 10.2. The molecule has 0 atom stereocenters. The number of sulfonamides is 1. The van der Waals surface area contributed by atoms with Gasteiger partial charge in [0.05, 0.1) is 16.7 Å². The van der Waals surface area contributed by atoms with Crippen LogP contribution in [0.5, 0.6) is 0 Å². The van der Waals surface area contributed by atoms with Crippen LogP contribution in [0.25, 0.3) is 10.9 Å². The molecule has 3 rings (SSSR count). The maximum Gasteiger partial charge on any atom is 0.233 e. The van der Waals surface area contributed by atoms with Crippen molar-refractivity contribution in [2.24, 2.45) is 5.92 Å². The summed E-state index contributed by atoms with van der Waals surface area (Å²) in [7, 11) is -3.47. The highest BCUT2D eigenvalue weighted by Crippen LogP contribution is 2.33. The van der Waals surface area contributed by atoms with Crippen LogP contribution in [0, 0.1) is 11.7 Å². The van der Waals surface area contributed by atoms with Gasteiger partial charge in [-0.15, -0.1) is 0 Å². The number of benzene rings is 1. The van der Waals surface area contributed by atoms with E-state index in [1.807, 2.05) is 0 Å². The van der Waals surface area contributed by atoms with Crippen molar-refractivity contribution in [2.45, 2.75) is 19.3 Å². The Kier molecular flexibility index (Phi) is 2.93. The molecule has 2 aromatic rings. The van der Waals surface area contributed by atoms with Crippen LogP contribution in [0.1, 0.15) is 19.3 Å². The predicted octanol–water partition coefficient (Wildman–Crippen LogP) is 2.24. The molecule has 5 nitrogen and oxygen atoms in total. The van der Waals surface area contributed by atoms with Crippen molar-refractivity contribution < 1.29 is 12.8 Å². The molecule has 0 radical (unpaired) electrons. The summed E-state index contributed by atoms with van der Waals surface area (Å²) >= 11 is 0. The van der Waals surface area contributed by atoms with E-state index in [-0.39, 0.29) is 17.0 Å². The maximum absolute atomic E-state index is 13.7. The fourth-order valence-electron chi connectivity index (χ4n) is 2.03. The molecule has 2 N–H and O–H groups in total. The fraction of sp³-hybridized carbons (Fsp3) is 0.417. The van der Waals surface area contributed by atoms with Crippen molar-refractivity contribution in [2.75, 3.05) is 10.5 Å². The molecule has 0 aliphatic heterocycles. The van der Waals surface area contributed by atoms with Crippen LogP contribution >= 0.6 is 0 Å². The monoisotopic (exact) mass is 283 g/mol. The number of hydrogen-bond acceptors (Lipinski definition) is 3. The van der Waals surface area contributed by atoms with Crippen molar-refractivity contribution >= 4 is 26.7 Å². The Morgan fingerprint density at radius 3 is 2.95 bits per heavy atom. The van der Waals surface area contributed by atoms with Crippen LogP contribution in [-0.4, -0.2) is 24.4 Å². The van der Waals surface area contributed by atoms with Gasteiger partial charge in [0, 0.05) is 0 Å². The fourth-order valence-corrected chi connectivity index (χ4v) is 3.22. The smallest absolute Gasteiger partial charge is 0.233 e. The summed E-state index contributed by atoms with van der Waals surface area (Å²) in [6.45, 7) is 0. The maximum atomic E-state index is 13.7. The lowest BCUT2D eigenvalue weighted by Crippen LogP contribution is -2.17. The second-order valence-electron chi connectivity index (χ2n) is 4.89. The topological polar surface area (TPSA) is 74.8 Å². The first-order chi connectivity index (χ1) is 9.05. The first-order valence-corrected chi connectivity index (χ1v) is 7.83. The first-order valence-electron chi connectivity index (χ1n) is 6.18. The van der Waals surface area contributed by atoms with Gasteiger partial charge in [-0.1, -0.05) is 18.9 Å². The quantitative estimate of drug-likeness (QED) is 0.883. The summed E-state index contributed by atoms with van der Waals surface area (Å²) in [6.07, 6.45) is 2.87. The summed E-state index contributed by atoms with van der Waals surface area (Å²) in [5.74, 6) is 0.125. The summed E-state index contributed by atoms with van der Waals surface area (Å²) in [6, 6.07) is 4.47. The molecule has 1 heterocycles. The zero-order valence-corrected chi connectivity index (χ0v) is 11.0. The highest BCUT2D eigenvalue weighted by molar-refractivity contribution is 7.92. The molecule has 19 heavy (non-hydrogen) atoms. The molecule has 1 aliphatic carbocycles. The third-order valence-corrected chi connectivity index (χ3v) is 4.56. The largest absolute Gasteiger partial charge is 0.276 e. The first kappa shape index (κ1) is 12.4. The van der Waals surface area contributed by atoms with E-state index in [4.69, 9.17) is 0 Å². The molecular weight excluding hydrogens is 269 g/mol. The molecule has 0 spiro atoms. The van der Waals surface area contributed by atoms with Gasteiger partial charge in [0.25, 0.3) is 0 Å². The Hall–Kier alpha value is -1.63. The van der Waals surface area contributed by atoms with Gasteiger partial charge in [0.15, 0.2) is 5.82 Å². The van der Waals surface area contributed by atoms with E-state index < -0.39 is 15.8 Å². The summed E-state index contributed by atoms with van der Waals surface area (Å²) < 4.78 is 39.8. The van der Waals surface area contributed by atoms with E-state index in [2.05, 4.69) is 14.9 Å². The number of fused-ring (bicyclic) bond motifs is 1. The van der Waals surface area contributed by atoms with E-state index in [0.717, 1.165) is 12.8 Å². The third-order valence-electron chi connectivity index (χ3n) is 3.28. The zero-order chi connectivity index (χ0) is 13.5. The van der Waals surface area contributed by atoms with Crippen molar-refractivity contribution in [3.8, 4) is 0 Å². The normalized spacial score (nSPS) is 15.8. The van der Waals surface area contributed by atoms with Gasteiger partial charge < -0.3 is 0 Å². The Bertz CT molecular complexity index is 707. The number of aromatic nitrogens is 2. The molecule has 0 amide bonds. The molecule has 1 saturated carbocycles. The van der Waals surface area contributed by atoms with Gasteiger partial charge >= 0.3 is 0 Å². The van der Waals surface area contributed by atoms with Crippen LogP contribution in [0.3, 0.4) is 0 Å². The van der Waals surface area contributed by atoms with E-state index in [1.165, 1.54) is 6.07 Å². The average Bonchev–Trinajstić information content (AvgIpc) is 3.10. The third kappa shape index (κ3) is 2.70. The van der Waals surface area contributed by atoms with Crippen LogP contribution in [0.2, 0.25) is 0 Å². The minimum atomic E-state index is -3.47. The van der Waals surface area contributed by atoms with Gasteiger partial charge in [-0.2, -0.15) is 5.10 Å². The highest BCUT2D eigenvalue weighted by atomic mass is 32.2. The van der Waals surface area contributed by atoms with Crippen molar-refractivity contribution in [1.82, 2.24) is 10.2 Å². The Balaban J connectivity index is 1.84. The molecule has 1 aromatic carbocycles. The number of halogens is 1. The lowest BCUT2D eigenvalue weighted by Gasteiger charge is -2.05. The number of nitrogens with zero attached hydrogens (tertiary/aromatic N) is 1. The molecular formula is C12H14FN3O2S. The SMILES string of the molecule is O=S(=O)(CCC1CC1)Nc1n[nH]c2cccc(F)c12. The number of hydrogen-bond donors (Lipinski definition) is 2. The van der Waals surface area contributed by atoms with Gasteiger partial charge in [-0.05, 0) is 24.5 Å². The molecule has 1 fully saturated rings. The molecule has 0 saturated heterocycles. The number of nitrogens with one attached hydrogen (secondary N) is 2. The van der Waals surface area contributed by atoms with E-state index in [1.54, 1.807) is 12.1 Å². The molecule has 7 heteroatoms. The summed E-state index contributed by atoms with van der Waals surface area (Å²) in [5, 5.41) is 6.62. The second kappa shape index (κ2) is 4.48. The minimum absolute atomic E-state index is 0.0314. The van der Waals surface area contributed by atoms with Crippen molar-refractivity contribution in [3.63, 3.8) is 0 Å². The highest BCUT2D eigenvalue weighted by Gasteiger charge is 2.24. The van der Waals surface area contributed by atoms with Gasteiger partial charge in [-0.25, -0.2) is 12.8 Å². The van der Waals surface area contributed by atoms with E-state index >= 15 is 0 Å². The minimum Gasteiger partial charge on any atom is -0.276 e. The number of anilines is 1. The molecule has 0 unspecified atom stereocenters. The Morgan fingerprint density at radius 1 is 1.42 bits per heavy atom. The lowest BCUT2D eigenvalue weighted by atomic mass is 10.2. The lowest BCUT2D eigenvalue weighted by molar-refractivity contribution is 0.595. The molecule has 102 valence electrons. The van der Waals surface area contributed by atoms with E-state index in [0.29, 0.717) is 17.9 Å². The van der Waals surface area contributed by atoms with E-state index in [9.17, 15) is 12.8 Å². The van der Waals surface area contributed by atoms with Crippen LogP contribution in [0.15, 0.2) is 18.2 Å².